The van der Waals surface area contributed by atoms with Gasteiger partial charge in [-0.3, -0.25) is 0 Å². The smallest absolute Gasteiger partial charge is 0.0471 e. The number of hydrogen-bond acceptors (Lipinski definition) is 2. The minimum atomic E-state index is 0.193. The third-order valence-corrected chi connectivity index (χ3v) is 2.84. The maximum Gasteiger partial charge on any atom is 0.0471 e. The van der Waals surface area contributed by atoms with Crippen LogP contribution in [0.15, 0.2) is 54.6 Å². The first-order valence-electron chi connectivity index (χ1n) is 5.80. The third-order valence-electron chi connectivity index (χ3n) is 2.84. The predicted molar refractivity (Wildman–Crippen MR) is 71.7 cm³/mol. The highest BCUT2D eigenvalue weighted by Crippen LogP contribution is 2.23. The molecule has 0 aliphatic heterocycles. The topological polar surface area (TPSA) is 23.5 Å². The monoisotopic (exact) mass is 227 g/mol. The second-order valence-electron chi connectivity index (χ2n) is 4.04. The number of rotatable bonds is 4. The minimum absolute atomic E-state index is 0.193. The Kier molecular flexibility index (Phi) is 3.78. The van der Waals surface area contributed by atoms with Crippen molar-refractivity contribution in [1.82, 2.24) is 0 Å². The van der Waals surface area contributed by atoms with E-state index in [-0.39, 0.29) is 6.61 Å². The summed E-state index contributed by atoms with van der Waals surface area (Å²) in [6.45, 7) is 0.193. The number of hydrogen-bond donors (Lipinski definition) is 1. The number of para-hydroxylation sites is 1. The molecule has 1 N–H and O–H groups in total. The summed E-state index contributed by atoms with van der Waals surface area (Å²) in [7, 11) is 2.05. The van der Waals surface area contributed by atoms with Crippen LogP contribution in [-0.2, 0) is 6.42 Å². The summed E-state index contributed by atoms with van der Waals surface area (Å²) >= 11 is 0. The summed E-state index contributed by atoms with van der Waals surface area (Å²) in [5, 5.41) is 8.95. The van der Waals surface area contributed by atoms with Crippen molar-refractivity contribution in [2.75, 3.05) is 18.6 Å². The lowest BCUT2D eigenvalue weighted by atomic mass is 10.1. The molecule has 0 fully saturated rings. The molecule has 0 atom stereocenters. The Hall–Kier alpha value is -1.80. The highest BCUT2D eigenvalue weighted by Gasteiger charge is 2.03. The van der Waals surface area contributed by atoms with Gasteiger partial charge in [-0.15, -0.1) is 0 Å². The van der Waals surface area contributed by atoms with Crippen molar-refractivity contribution in [3.63, 3.8) is 0 Å². The maximum atomic E-state index is 8.95. The van der Waals surface area contributed by atoms with Crippen LogP contribution in [0.2, 0.25) is 0 Å². The van der Waals surface area contributed by atoms with Crippen molar-refractivity contribution in [2.24, 2.45) is 0 Å². The lowest BCUT2D eigenvalue weighted by Gasteiger charge is -2.20. The van der Waals surface area contributed by atoms with Gasteiger partial charge in [0.1, 0.15) is 0 Å². The first-order chi connectivity index (χ1) is 8.31. The molecule has 0 aromatic heterocycles. The van der Waals surface area contributed by atoms with E-state index < -0.39 is 0 Å². The Morgan fingerprint density at radius 2 is 1.65 bits per heavy atom. The molecule has 2 rings (SSSR count). The SMILES string of the molecule is CN(c1ccccc1)c1cccc(CCO)c1. The van der Waals surface area contributed by atoms with Crippen molar-refractivity contribution < 1.29 is 5.11 Å². The van der Waals surface area contributed by atoms with Gasteiger partial charge in [-0.25, -0.2) is 0 Å². The van der Waals surface area contributed by atoms with Crippen LogP contribution in [0.5, 0.6) is 0 Å². The van der Waals surface area contributed by atoms with Gasteiger partial charge in [0, 0.05) is 25.0 Å². The summed E-state index contributed by atoms with van der Waals surface area (Å²) in [6, 6.07) is 18.5. The third kappa shape index (κ3) is 2.86. The fourth-order valence-corrected chi connectivity index (χ4v) is 1.85. The summed E-state index contributed by atoms with van der Waals surface area (Å²) in [6.07, 6.45) is 0.705. The van der Waals surface area contributed by atoms with E-state index >= 15 is 0 Å². The molecule has 0 saturated heterocycles. The maximum absolute atomic E-state index is 8.95. The zero-order valence-electron chi connectivity index (χ0n) is 10.0. The van der Waals surface area contributed by atoms with Crippen LogP contribution in [-0.4, -0.2) is 18.8 Å². The van der Waals surface area contributed by atoms with Crippen LogP contribution in [0, 0.1) is 0 Å². The molecule has 0 aliphatic carbocycles. The van der Waals surface area contributed by atoms with E-state index in [1.807, 2.05) is 37.4 Å². The van der Waals surface area contributed by atoms with Gasteiger partial charge in [0.25, 0.3) is 0 Å². The van der Waals surface area contributed by atoms with Crippen LogP contribution >= 0.6 is 0 Å². The largest absolute Gasteiger partial charge is 0.396 e. The second-order valence-corrected chi connectivity index (χ2v) is 4.04. The Morgan fingerprint density at radius 1 is 0.941 bits per heavy atom. The normalized spacial score (nSPS) is 10.2. The summed E-state index contributed by atoms with van der Waals surface area (Å²) in [4.78, 5) is 2.14. The molecule has 2 aromatic rings. The Labute approximate surface area is 102 Å². The number of aliphatic hydroxyl groups is 1. The number of nitrogens with zero attached hydrogens (tertiary/aromatic N) is 1. The number of benzene rings is 2. The van der Waals surface area contributed by atoms with Crippen LogP contribution in [0.25, 0.3) is 0 Å². The molecule has 2 nitrogen and oxygen atoms in total. The van der Waals surface area contributed by atoms with Gasteiger partial charge in [0.05, 0.1) is 0 Å². The fraction of sp³-hybridized carbons (Fsp3) is 0.200. The Balaban J connectivity index is 2.25. The molecule has 2 heteroatoms. The van der Waals surface area contributed by atoms with Crippen LogP contribution in [0.1, 0.15) is 5.56 Å². The van der Waals surface area contributed by atoms with E-state index in [0.29, 0.717) is 6.42 Å². The first-order valence-corrected chi connectivity index (χ1v) is 5.80. The molecule has 0 bridgehead atoms. The van der Waals surface area contributed by atoms with Crippen LogP contribution < -0.4 is 4.90 Å². The number of aliphatic hydroxyl groups excluding tert-OH is 1. The van der Waals surface area contributed by atoms with Gasteiger partial charge in [-0.05, 0) is 36.2 Å². The quantitative estimate of drug-likeness (QED) is 0.868. The lowest BCUT2D eigenvalue weighted by molar-refractivity contribution is 0.299. The highest BCUT2D eigenvalue weighted by molar-refractivity contribution is 5.62. The Bertz CT molecular complexity index is 467. The molecule has 0 saturated carbocycles. The van der Waals surface area contributed by atoms with E-state index in [9.17, 15) is 0 Å². The van der Waals surface area contributed by atoms with Gasteiger partial charge in [0.2, 0.25) is 0 Å². The molecule has 0 aliphatic rings. The minimum Gasteiger partial charge on any atom is -0.396 e. The van der Waals surface area contributed by atoms with E-state index in [1.54, 1.807) is 0 Å². The zero-order valence-corrected chi connectivity index (χ0v) is 10.0. The molecular formula is C15H17NO. The first kappa shape index (κ1) is 11.7. The van der Waals surface area contributed by atoms with Crippen molar-refractivity contribution in [1.29, 1.82) is 0 Å². The molecular weight excluding hydrogens is 210 g/mol. The fourth-order valence-electron chi connectivity index (χ4n) is 1.85. The van der Waals surface area contributed by atoms with E-state index in [4.69, 9.17) is 5.11 Å². The zero-order chi connectivity index (χ0) is 12.1. The van der Waals surface area contributed by atoms with Gasteiger partial charge in [-0.2, -0.15) is 0 Å². The van der Waals surface area contributed by atoms with Gasteiger partial charge < -0.3 is 10.0 Å². The summed E-state index contributed by atoms with van der Waals surface area (Å²) in [5.74, 6) is 0. The molecule has 0 unspecified atom stereocenters. The van der Waals surface area contributed by atoms with E-state index in [1.165, 1.54) is 0 Å². The predicted octanol–water partition coefficient (Wildman–Crippen LogP) is 2.99. The average Bonchev–Trinajstić information content (AvgIpc) is 2.40. The van der Waals surface area contributed by atoms with Gasteiger partial charge in [-0.1, -0.05) is 30.3 Å². The van der Waals surface area contributed by atoms with Crippen molar-refractivity contribution in [3.8, 4) is 0 Å². The highest BCUT2D eigenvalue weighted by atomic mass is 16.2. The summed E-state index contributed by atoms with van der Waals surface area (Å²) < 4.78 is 0. The average molecular weight is 227 g/mol. The molecule has 88 valence electrons. The van der Waals surface area contributed by atoms with Gasteiger partial charge in [0.15, 0.2) is 0 Å². The molecule has 17 heavy (non-hydrogen) atoms. The molecule has 2 aromatic carbocycles. The van der Waals surface area contributed by atoms with Crippen molar-refractivity contribution >= 4 is 11.4 Å². The summed E-state index contributed by atoms with van der Waals surface area (Å²) in [5.41, 5.74) is 3.46. The van der Waals surface area contributed by atoms with Gasteiger partial charge >= 0.3 is 0 Å². The van der Waals surface area contributed by atoms with Crippen LogP contribution in [0.3, 0.4) is 0 Å². The molecule has 0 heterocycles. The number of anilines is 2. The Morgan fingerprint density at radius 3 is 2.35 bits per heavy atom. The van der Waals surface area contributed by atoms with Crippen molar-refractivity contribution in [3.05, 3.63) is 60.2 Å². The van der Waals surface area contributed by atoms with Crippen LogP contribution in [0.4, 0.5) is 11.4 Å². The van der Waals surface area contributed by atoms with E-state index in [2.05, 4.69) is 29.2 Å². The standard InChI is InChI=1S/C15H17NO/c1-16(14-7-3-2-4-8-14)15-9-5-6-13(12-15)10-11-17/h2-9,12,17H,10-11H2,1H3. The van der Waals surface area contributed by atoms with E-state index in [0.717, 1.165) is 16.9 Å². The molecule has 0 radical (unpaired) electrons. The molecule has 0 amide bonds. The second kappa shape index (κ2) is 5.51. The van der Waals surface area contributed by atoms with Crippen molar-refractivity contribution in [2.45, 2.75) is 6.42 Å². The molecule has 0 spiro atoms. The lowest BCUT2D eigenvalue weighted by Crippen LogP contribution is -2.09.